The minimum absolute atomic E-state index is 0. The summed E-state index contributed by atoms with van der Waals surface area (Å²) in [6, 6.07) is 2.82. The molecule has 1 N–H and O–H groups in total. The van der Waals surface area contributed by atoms with Gasteiger partial charge in [0.05, 0.1) is 69.3 Å². The van der Waals surface area contributed by atoms with Gasteiger partial charge in [0.2, 0.25) is 5.91 Å². The van der Waals surface area contributed by atoms with Crippen LogP contribution in [0.1, 0.15) is 36.2 Å². The number of carbonyl (C=O) groups excluding carboxylic acids is 3. The van der Waals surface area contributed by atoms with Gasteiger partial charge in [-0.2, -0.15) is 5.10 Å². The molecule has 0 radical (unpaired) electrons. The Balaban J connectivity index is 0.00000240. The first-order valence-electron chi connectivity index (χ1n) is 14.1. The zero-order valence-corrected chi connectivity index (χ0v) is 32.0. The molecule has 0 bridgehead atoms. The van der Waals surface area contributed by atoms with Gasteiger partial charge in [0, 0.05) is 42.2 Å². The number of β-lactam (4-membered cyclic amide) rings is 1. The molecule has 18 heteroatoms. The first kappa shape index (κ1) is 37.6. The smallest absolute Gasteiger partial charge is 0.545 e. The Bertz CT molecular complexity index is 1660. The molecule has 46 heavy (non-hydrogen) atoms. The summed E-state index contributed by atoms with van der Waals surface area (Å²) in [5.41, 5.74) is 1.23. The average Bonchev–Trinajstić information content (AvgIpc) is 3.77. The van der Waals surface area contributed by atoms with Crippen molar-refractivity contribution in [2.45, 2.75) is 37.3 Å². The molecule has 0 spiro atoms. The van der Waals surface area contributed by atoms with Crippen molar-refractivity contribution in [2.24, 2.45) is 11.0 Å². The van der Waals surface area contributed by atoms with Crippen molar-refractivity contribution in [1.29, 1.82) is 0 Å². The molecule has 1 amide bonds. The number of nitrogens with zero attached hydrogens (tertiary/aromatic N) is 5. The van der Waals surface area contributed by atoms with Gasteiger partial charge >= 0.3 is 59.1 Å². The number of piperazine rings is 1. The molecule has 1 aromatic heterocycles. The molecule has 2 aromatic rings. The Morgan fingerprint density at radius 3 is 2.43 bits per heavy atom. The van der Waals surface area contributed by atoms with Gasteiger partial charge in [-0.25, -0.2) is 4.39 Å². The minimum atomic E-state index is -1.58. The summed E-state index contributed by atoms with van der Waals surface area (Å²) in [6.45, 7) is 3.58. The van der Waals surface area contributed by atoms with Gasteiger partial charge < -0.3 is 34.4 Å². The quantitative estimate of drug-likeness (QED) is 0.0776. The van der Waals surface area contributed by atoms with Crippen molar-refractivity contribution < 1.29 is 93.2 Å². The fourth-order valence-electron chi connectivity index (χ4n) is 5.63. The average molecular weight is 708 g/mol. The number of carboxylic acids is 2. The molecule has 234 valence electrons. The molecular formula is C28H28FN5Na2O7S3. The fourth-order valence-corrected chi connectivity index (χ4v) is 9.29. The summed E-state index contributed by atoms with van der Waals surface area (Å²) in [5, 5.41) is 39.0. The summed E-state index contributed by atoms with van der Waals surface area (Å²) in [6.07, 6.45) is 2.16. The first-order chi connectivity index (χ1) is 21.1. The number of hydrazone groups is 1. The number of pyridine rings is 1. The summed E-state index contributed by atoms with van der Waals surface area (Å²) >= 11 is 4.06. The molecular weight excluding hydrogens is 680 g/mol. The molecule has 3 aliphatic heterocycles. The van der Waals surface area contributed by atoms with Crippen LogP contribution in [0.5, 0.6) is 0 Å². The SMILES string of the molecule is C[C@@H](O)[C@@H]1C(=O)N2C(C(=O)[O-])=C(SCCSC=NN3CCN(c4cc5c(cc4F)c(=O)c(C(=O)[O-])cn5C4CC4)CC3)S[C@H]12.[Na+].[Na+]. The number of hydrogen-bond acceptors (Lipinski definition) is 13. The van der Waals surface area contributed by atoms with Crippen LogP contribution < -0.4 is 79.7 Å². The van der Waals surface area contributed by atoms with Crippen molar-refractivity contribution in [3.05, 3.63) is 49.9 Å². The summed E-state index contributed by atoms with van der Waals surface area (Å²) in [5.74, 6) is -3.38. The third-order valence-corrected chi connectivity index (χ3v) is 11.6. The molecule has 4 aliphatic rings. The number of aliphatic hydroxyl groups is 1. The van der Waals surface area contributed by atoms with Gasteiger partial charge in [0.15, 0.2) is 5.43 Å². The number of hydrogen-bond donors (Lipinski definition) is 1. The van der Waals surface area contributed by atoms with E-state index in [2.05, 4.69) is 5.10 Å². The molecule has 1 aromatic carbocycles. The number of aromatic nitrogens is 1. The Hall–Kier alpha value is -1.21. The number of aromatic carboxylic acids is 1. The topological polar surface area (TPSA) is 162 Å². The summed E-state index contributed by atoms with van der Waals surface area (Å²) in [4.78, 5) is 51.3. The van der Waals surface area contributed by atoms with Crippen molar-refractivity contribution in [3.63, 3.8) is 0 Å². The maximum absolute atomic E-state index is 15.2. The number of fused-ring (bicyclic) bond motifs is 2. The molecule has 12 nitrogen and oxygen atoms in total. The minimum Gasteiger partial charge on any atom is -0.545 e. The van der Waals surface area contributed by atoms with Crippen molar-refractivity contribution in [2.75, 3.05) is 42.6 Å². The molecule has 3 atom stereocenters. The van der Waals surface area contributed by atoms with E-state index in [-0.39, 0.29) is 76.2 Å². The van der Waals surface area contributed by atoms with Crippen LogP contribution in [0.4, 0.5) is 10.1 Å². The van der Waals surface area contributed by atoms with E-state index in [1.54, 1.807) is 16.2 Å². The predicted octanol–water partition coefficient (Wildman–Crippen LogP) is -5.79. The third kappa shape index (κ3) is 7.36. The van der Waals surface area contributed by atoms with Crippen LogP contribution in [0.2, 0.25) is 0 Å². The van der Waals surface area contributed by atoms with E-state index >= 15 is 4.39 Å². The predicted molar refractivity (Wildman–Crippen MR) is 163 cm³/mol. The summed E-state index contributed by atoms with van der Waals surface area (Å²) < 4.78 is 17.5. The van der Waals surface area contributed by atoms with E-state index in [1.165, 1.54) is 53.3 Å². The van der Waals surface area contributed by atoms with E-state index in [1.807, 2.05) is 9.91 Å². The number of aliphatic carboxylic acids is 1. The number of carbonyl (C=O) groups is 3. The maximum atomic E-state index is 15.2. The van der Waals surface area contributed by atoms with Crippen molar-refractivity contribution >= 4 is 75.3 Å². The molecule has 0 unspecified atom stereocenters. The van der Waals surface area contributed by atoms with Crippen molar-refractivity contribution in [1.82, 2.24) is 14.5 Å². The van der Waals surface area contributed by atoms with Gasteiger partial charge in [0.25, 0.3) is 0 Å². The van der Waals surface area contributed by atoms with Gasteiger partial charge in [-0.3, -0.25) is 19.5 Å². The number of carboxylic acid groups (broad SMARTS) is 2. The van der Waals surface area contributed by atoms with E-state index in [0.29, 0.717) is 53.1 Å². The third-order valence-electron chi connectivity index (χ3n) is 8.04. The number of aliphatic hydroxyl groups excluding tert-OH is 1. The Morgan fingerprint density at radius 2 is 1.83 bits per heavy atom. The number of anilines is 1. The monoisotopic (exact) mass is 707 g/mol. The number of rotatable bonds is 11. The van der Waals surface area contributed by atoms with Crippen LogP contribution >= 0.6 is 35.3 Å². The second kappa shape index (κ2) is 15.6. The Kier molecular flexibility index (Phi) is 12.7. The summed E-state index contributed by atoms with van der Waals surface area (Å²) in [7, 11) is 0. The van der Waals surface area contributed by atoms with E-state index in [9.17, 15) is 34.5 Å². The number of thioether (sulfide) groups is 3. The second-order valence-electron chi connectivity index (χ2n) is 10.9. The molecule has 2 saturated heterocycles. The molecule has 3 fully saturated rings. The number of halogens is 1. The van der Waals surface area contributed by atoms with Gasteiger partial charge in [-0.15, -0.1) is 23.5 Å². The molecule has 4 heterocycles. The fraction of sp³-hybridized carbons (Fsp3) is 0.464. The first-order valence-corrected chi connectivity index (χ1v) is 17.0. The van der Waals surface area contributed by atoms with Crippen LogP contribution in [0.15, 0.2) is 38.2 Å². The number of benzene rings is 1. The number of amides is 1. The zero-order valence-electron chi connectivity index (χ0n) is 25.5. The van der Waals surface area contributed by atoms with E-state index in [4.69, 9.17) is 0 Å². The van der Waals surface area contributed by atoms with Gasteiger partial charge in [-0.05, 0) is 31.9 Å². The van der Waals surface area contributed by atoms with Crippen LogP contribution in [0.3, 0.4) is 0 Å². The van der Waals surface area contributed by atoms with Crippen LogP contribution in [0, 0.1) is 11.7 Å². The maximum Gasteiger partial charge on any atom is 1.00 e. The standard InChI is InChI=1S/C28H30FN5O7S3.2Na/c1-14(35)21-24(37)34-22(27(40)41)28(44-25(21)34)43-9-8-42-13-30-32-6-4-31(5-7-32)20-11-19-16(10-18(20)29)23(36)17(26(38)39)12-33(19)15-2-3-15;;/h10-15,21,25,35H,2-9H2,1H3,(H,38,39)(H,40,41);;/q;2*+1/p-2/t14-,21-,25-;;/m1../s1. The van der Waals surface area contributed by atoms with Crippen LogP contribution in [0.25, 0.3) is 10.9 Å². The van der Waals surface area contributed by atoms with Crippen molar-refractivity contribution in [3.8, 4) is 0 Å². The molecule has 6 rings (SSSR count). The largest absolute Gasteiger partial charge is 1.00 e. The van der Waals surface area contributed by atoms with Gasteiger partial charge in [-0.1, -0.05) is 11.8 Å². The van der Waals surface area contributed by atoms with Gasteiger partial charge in [0.1, 0.15) is 11.2 Å². The normalized spacial score (nSPS) is 21.6. The molecule has 1 aliphatic carbocycles. The van der Waals surface area contributed by atoms with E-state index in [0.717, 1.165) is 18.9 Å². The van der Waals surface area contributed by atoms with Crippen LogP contribution in [-0.4, -0.2) is 92.1 Å². The van der Waals surface area contributed by atoms with E-state index < -0.39 is 52.1 Å². The molecule has 1 saturated carbocycles. The Morgan fingerprint density at radius 1 is 1.13 bits per heavy atom. The Labute approximate surface area is 320 Å². The van der Waals surface area contributed by atoms with Crippen LogP contribution in [-0.2, 0) is 9.59 Å². The zero-order chi connectivity index (χ0) is 31.3. The second-order valence-corrected chi connectivity index (χ2v) is 14.3.